The van der Waals surface area contributed by atoms with Gasteiger partial charge in [-0.15, -0.1) is 0 Å². The second-order valence-corrected chi connectivity index (χ2v) is 20.5. The maximum Gasteiger partial charge on any atom is 0.237 e. The number of aliphatic hydroxyl groups is 3. The zero-order chi connectivity index (χ0) is 44.8. The topological polar surface area (TPSA) is 285 Å². The van der Waals surface area contributed by atoms with Gasteiger partial charge in [0.05, 0.1) is 37.9 Å². The summed E-state index contributed by atoms with van der Waals surface area (Å²) < 4.78 is 0. The molecule has 6 aliphatic rings. The largest absolute Gasteiger partial charge is 0.395 e. The fourth-order valence-corrected chi connectivity index (χ4v) is 11.1. The molecule has 61 heavy (non-hydrogen) atoms. The third kappa shape index (κ3) is 9.43. The first-order valence-corrected chi connectivity index (χ1v) is 22.2. The number of nitrogens with one attached hydrogen (secondary N) is 5. The van der Waals surface area contributed by atoms with Crippen molar-refractivity contribution in [3.8, 4) is 0 Å². The summed E-state index contributed by atoms with van der Waals surface area (Å²) in [6.45, 7) is 13.4. The molecule has 3 saturated carbocycles. The third-order valence-electron chi connectivity index (χ3n) is 15.8. The second-order valence-electron chi connectivity index (χ2n) is 20.5. The van der Waals surface area contributed by atoms with E-state index >= 15 is 0 Å². The SMILES string of the molecule is CC1(C)C(NC(=O)[C@@H]2C[C@H](NC(=O)[C@H]3C[C@@H](NC(=O)[C@@H]4C[C@H](NC(=O)[C@H]5C[C@@H](N)C5(C)C)CN4CCO)C3(C)C)CN2CCO)C[C@@H]1C(=O)N[C@H]1C[C@@H](C(N)=O)N(CCO)C1. The van der Waals surface area contributed by atoms with Crippen molar-refractivity contribution in [2.24, 2.45) is 45.5 Å². The summed E-state index contributed by atoms with van der Waals surface area (Å²) in [5.74, 6) is -2.23. The van der Waals surface area contributed by atoms with Crippen LogP contribution in [0.1, 0.15) is 80.1 Å². The van der Waals surface area contributed by atoms with E-state index in [4.69, 9.17) is 11.5 Å². The van der Waals surface area contributed by atoms with Gasteiger partial charge in [0, 0.05) is 93.3 Å². The van der Waals surface area contributed by atoms with Gasteiger partial charge in [-0.3, -0.25) is 43.5 Å². The Morgan fingerprint density at radius 2 is 0.820 bits per heavy atom. The molecule has 3 saturated heterocycles. The molecule has 0 aromatic carbocycles. The average molecular weight is 861 g/mol. The fourth-order valence-electron chi connectivity index (χ4n) is 11.1. The predicted molar refractivity (Wildman–Crippen MR) is 224 cm³/mol. The number of hydrogen-bond donors (Lipinski definition) is 10. The molecule has 6 rings (SSSR count). The molecule has 19 heteroatoms. The molecule has 6 amide bonds. The maximum absolute atomic E-state index is 13.8. The summed E-state index contributed by atoms with van der Waals surface area (Å²) in [7, 11) is 0. The minimum Gasteiger partial charge on any atom is -0.395 e. The molecule has 3 aliphatic carbocycles. The molecule has 0 spiro atoms. The predicted octanol–water partition coefficient (Wildman–Crippen LogP) is -3.44. The Labute approximate surface area is 359 Å². The molecule has 0 aromatic heterocycles. The van der Waals surface area contributed by atoms with Crippen LogP contribution in [0.15, 0.2) is 0 Å². The Morgan fingerprint density at radius 1 is 0.492 bits per heavy atom. The van der Waals surface area contributed by atoms with E-state index in [2.05, 4.69) is 26.6 Å². The Morgan fingerprint density at radius 3 is 1.11 bits per heavy atom. The molecule has 12 atom stereocenters. The minimum absolute atomic E-state index is 0.0321. The van der Waals surface area contributed by atoms with Gasteiger partial charge in [0.25, 0.3) is 0 Å². The van der Waals surface area contributed by atoms with Crippen molar-refractivity contribution in [1.82, 2.24) is 41.3 Å². The summed E-state index contributed by atoms with van der Waals surface area (Å²) in [5.41, 5.74) is 10.3. The van der Waals surface area contributed by atoms with Crippen LogP contribution in [0.25, 0.3) is 0 Å². The van der Waals surface area contributed by atoms with Gasteiger partial charge in [-0.25, -0.2) is 0 Å². The number of rotatable bonds is 17. The molecular weight excluding hydrogens is 789 g/mol. The average Bonchev–Trinajstić information content (AvgIpc) is 3.90. The van der Waals surface area contributed by atoms with E-state index < -0.39 is 34.9 Å². The van der Waals surface area contributed by atoms with E-state index in [1.54, 1.807) is 4.90 Å². The van der Waals surface area contributed by atoms with Crippen LogP contribution in [-0.2, 0) is 28.8 Å². The van der Waals surface area contributed by atoms with E-state index in [1.165, 1.54) is 0 Å². The van der Waals surface area contributed by atoms with Crippen molar-refractivity contribution in [3.63, 3.8) is 0 Å². The molecule has 344 valence electrons. The number of likely N-dealkylation sites (tertiary alicyclic amines) is 3. The van der Waals surface area contributed by atoms with E-state index in [9.17, 15) is 44.1 Å². The number of aliphatic hydroxyl groups excluding tert-OH is 3. The maximum atomic E-state index is 13.8. The lowest BCUT2D eigenvalue weighted by Crippen LogP contribution is -2.64. The van der Waals surface area contributed by atoms with Crippen molar-refractivity contribution in [2.45, 2.75) is 134 Å². The van der Waals surface area contributed by atoms with Gasteiger partial charge in [-0.2, -0.15) is 0 Å². The Bertz CT molecular complexity index is 1680. The first kappa shape index (κ1) is 47.0. The first-order chi connectivity index (χ1) is 28.6. The van der Waals surface area contributed by atoms with Crippen LogP contribution < -0.4 is 38.1 Å². The van der Waals surface area contributed by atoms with Gasteiger partial charge in [0.15, 0.2) is 0 Å². The molecule has 0 radical (unpaired) electrons. The van der Waals surface area contributed by atoms with E-state index in [-0.39, 0.29) is 122 Å². The van der Waals surface area contributed by atoms with Gasteiger partial charge in [-0.05, 0) is 54.8 Å². The smallest absolute Gasteiger partial charge is 0.237 e. The quantitative estimate of drug-likeness (QED) is 0.0683. The molecule has 0 aromatic rings. The lowest BCUT2D eigenvalue weighted by atomic mass is 9.58. The highest BCUT2D eigenvalue weighted by Crippen LogP contribution is 2.48. The summed E-state index contributed by atoms with van der Waals surface area (Å²) in [5, 5.41) is 44.6. The van der Waals surface area contributed by atoms with Crippen LogP contribution >= 0.6 is 0 Å². The van der Waals surface area contributed by atoms with E-state index in [0.717, 1.165) is 0 Å². The standard InChI is InChI=1S/C42H72N10O9/c1-40(2)25(16-31(40)43)35(57)46-23-14-29(51(20-23)8-11-54)38(60)49-33-18-27(42(33,5)6)37(59)47-24-15-30(52(21-24)9-12-55)39(61)48-32-17-26(41(32,3)4)36(58)45-22-13-28(34(44)56)50(19-22)7-10-53/h22-33,53-55H,7-21,43H2,1-6H3,(H2,44,56)(H,45,58)(H,46,57)(H,47,59)(H,48,61)(H,49,60)/t22-,23-,24-,25+,26+,27+,28-,29-,30-,31+,32?,33+/m0/s1. The number of nitrogens with zero attached hydrogens (tertiary/aromatic N) is 3. The number of carbonyl (C=O) groups is 6. The molecule has 19 nitrogen and oxygen atoms in total. The van der Waals surface area contributed by atoms with Crippen molar-refractivity contribution in [2.75, 3.05) is 59.1 Å². The summed E-state index contributed by atoms with van der Waals surface area (Å²) in [6.07, 6.45) is 2.62. The lowest BCUT2D eigenvalue weighted by molar-refractivity contribution is -0.142. The van der Waals surface area contributed by atoms with Gasteiger partial charge in [0.1, 0.15) is 0 Å². The number of amides is 6. The van der Waals surface area contributed by atoms with Crippen molar-refractivity contribution < 1.29 is 44.1 Å². The normalized spacial score (nSPS) is 36.5. The zero-order valence-electron chi connectivity index (χ0n) is 36.8. The van der Waals surface area contributed by atoms with Crippen LogP contribution in [0.5, 0.6) is 0 Å². The minimum atomic E-state index is -0.594. The molecule has 3 heterocycles. The molecular formula is C42H72N10O9. The lowest BCUT2D eigenvalue weighted by Gasteiger charge is -2.51. The summed E-state index contributed by atoms with van der Waals surface area (Å²) in [4.78, 5) is 85.2. The van der Waals surface area contributed by atoms with Crippen molar-refractivity contribution >= 4 is 35.4 Å². The Balaban J connectivity index is 0.969. The zero-order valence-corrected chi connectivity index (χ0v) is 36.8. The fraction of sp³-hybridized carbons (Fsp3) is 0.857. The van der Waals surface area contributed by atoms with Crippen LogP contribution in [0.4, 0.5) is 0 Å². The van der Waals surface area contributed by atoms with Crippen molar-refractivity contribution in [3.05, 3.63) is 0 Å². The first-order valence-electron chi connectivity index (χ1n) is 22.2. The highest BCUT2D eigenvalue weighted by atomic mass is 16.3. The van der Waals surface area contributed by atoms with Crippen LogP contribution in [0.2, 0.25) is 0 Å². The molecule has 0 bridgehead atoms. The molecule has 6 fully saturated rings. The van der Waals surface area contributed by atoms with Gasteiger partial charge < -0.3 is 53.4 Å². The Kier molecular flexibility index (Phi) is 14.1. The van der Waals surface area contributed by atoms with Crippen LogP contribution in [0, 0.1) is 34.0 Å². The Hall–Kier alpha value is -3.46. The number of hydrogen-bond acceptors (Lipinski definition) is 13. The van der Waals surface area contributed by atoms with Crippen LogP contribution in [0.3, 0.4) is 0 Å². The molecule has 3 aliphatic heterocycles. The van der Waals surface area contributed by atoms with E-state index in [0.29, 0.717) is 64.7 Å². The number of primary amides is 1. The second kappa shape index (κ2) is 18.3. The van der Waals surface area contributed by atoms with Gasteiger partial charge >= 0.3 is 0 Å². The van der Waals surface area contributed by atoms with E-state index in [1.807, 2.05) is 51.3 Å². The van der Waals surface area contributed by atoms with Gasteiger partial charge in [-0.1, -0.05) is 41.5 Å². The number of β-amino-alcohol motifs (C(OH)–C–C–N with tert-alkyl or cyclic N) is 3. The van der Waals surface area contributed by atoms with Crippen LogP contribution in [-0.4, -0.2) is 179 Å². The summed E-state index contributed by atoms with van der Waals surface area (Å²) >= 11 is 0. The summed E-state index contributed by atoms with van der Waals surface area (Å²) in [6, 6.07) is -3.13. The monoisotopic (exact) mass is 861 g/mol. The number of carbonyl (C=O) groups excluding carboxylic acids is 6. The third-order valence-corrected chi connectivity index (χ3v) is 15.8. The molecule has 12 N–H and O–H groups in total. The van der Waals surface area contributed by atoms with Crippen molar-refractivity contribution in [1.29, 1.82) is 0 Å². The highest BCUT2D eigenvalue weighted by Gasteiger charge is 2.56. The molecule has 1 unspecified atom stereocenters. The van der Waals surface area contributed by atoms with Gasteiger partial charge in [0.2, 0.25) is 35.4 Å². The number of nitrogens with two attached hydrogens (primary N) is 2. The highest BCUT2D eigenvalue weighted by molar-refractivity contribution is 5.87.